The third kappa shape index (κ3) is 73.3. The number of hydrogen-bond donors (Lipinski definition) is 3. The molecule has 0 bridgehead atoms. The molecule has 2 unspecified atom stereocenters. The number of hydrogen-bond acceptors (Lipinski definition) is 5. The number of aliphatic hydroxyl groups excluding tert-OH is 2. The fourth-order valence-electron chi connectivity index (χ4n) is 12.9. The highest BCUT2D eigenvalue weighted by Crippen LogP contribution is 2.20. The molecule has 6 nitrogen and oxygen atoms in total. The maximum absolute atomic E-state index is 12.5. The van der Waals surface area contributed by atoms with Gasteiger partial charge < -0.3 is 20.3 Å². The molecule has 87 heavy (non-hydrogen) atoms. The second-order valence-corrected chi connectivity index (χ2v) is 27.8. The van der Waals surface area contributed by atoms with Gasteiger partial charge in [-0.25, -0.2) is 0 Å². The van der Waals surface area contributed by atoms with E-state index in [4.69, 9.17) is 4.74 Å². The van der Waals surface area contributed by atoms with Crippen LogP contribution in [0.15, 0.2) is 24.3 Å². The van der Waals surface area contributed by atoms with Crippen LogP contribution in [0.25, 0.3) is 0 Å². The predicted molar refractivity (Wildman–Crippen MR) is 384 cm³/mol. The molecule has 0 aliphatic rings. The van der Waals surface area contributed by atoms with Crippen molar-refractivity contribution in [2.75, 3.05) is 13.2 Å². The predicted octanol–water partition coefficient (Wildman–Crippen LogP) is 26.4. The first-order valence-electron chi connectivity index (χ1n) is 40.1. The monoisotopic (exact) mass is 1220 g/mol. The second kappa shape index (κ2) is 76.8. The third-order valence-corrected chi connectivity index (χ3v) is 19.0. The summed E-state index contributed by atoms with van der Waals surface area (Å²) in [5.74, 6) is -0.0387. The van der Waals surface area contributed by atoms with Gasteiger partial charge in [0.1, 0.15) is 0 Å². The summed E-state index contributed by atoms with van der Waals surface area (Å²) in [4.78, 5) is 24.7. The number of allylic oxidation sites excluding steroid dienone is 3. The number of aliphatic hydroxyl groups is 2. The van der Waals surface area contributed by atoms with Gasteiger partial charge in [0.15, 0.2) is 0 Å². The molecule has 0 rings (SSSR count). The van der Waals surface area contributed by atoms with Crippen molar-refractivity contribution < 1.29 is 24.5 Å². The molecule has 0 saturated carbocycles. The lowest BCUT2D eigenvalue weighted by Crippen LogP contribution is -2.45. The lowest BCUT2D eigenvalue weighted by molar-refractivity contribution is -0.143. The molecule has 0 aliphatic heterocycles. The Kier molecular flexibility index (Phi) is 75.3. The Balaban J connectivity index is 3.34. The lowest BCUT2D eigenvalue weighted by atomic mass is 10.0. The van der Waals surface area contributed by atoms with E-state index in [1.807, 2.05) is 6.08 Å². The summed E-state index contributed by atoms with van der Waals surface area (Å²) in [5.41, 5.74) is 0. The average molecular weight is 1230 g/mol. The number of carbonyl (C=O) groups is 2. The van der Waals surface area contributed by atoms with E-state index in [1.165, 1.54) is 392 Å². The lowest BCUT2D eigenvalue weighted by Gasteiger charge is -2.20. The number of carbonyl (C=O) groups excluding carboxylic acids is 2. The van der Waals surface area contributed by atoms with Crippen molar-refractivity contribution in [3.63, 3.8) is 0 Å². The highest BCUT2D eigenvalue weighted by Gasteiger charge is 2.18. The van der Waals surface area contributed by atoms with Crippen LogP contribution in [-0.2, 0) is 14.3 Å². The van der Waals surface area contributed by atoms with E-state index in [1.54, 1.807) is 6.08 Å². The van der Waals surface area contributed by atoms with Gasteiger partial charge in [-0.15, -0.1) is 0 Å². The summed E-state index contributed by atoms with van der Waals surface area (Å²) in [6, 6.07) is -0.626. The van der Waals surface area contributed by atoms with Gasteiger partial charge in [-0.05, 0) is 57.8 Å². The minimum atomic E-state index is -0.843. The molecule has 2 atom stereocenters. The highest BCUT2D eigenvalue weighted by atomic mass is 16.5. The van der Waals surface area contributed by atoms with Crippen molar-refractivity contribution in [3.8, 4) is 0 Å². The topological polar surface area (TPSA) is 95.9 Å². The number of ether oxygens (including phenoxy) is 1. The van der Waals surface area contributed by atoms with Crippen LogP contribution in [-0.4, -0.2) is 47.4 Å². The van der Waals surface area contributed by atoms with Gasteiger partial charge in [0.25, 0.3) is 0 Å². The smallest absolute Gasteiger partial charge is 0.305 e. The molecule has 516 valence electrons. The average Bonchev–Trinajstić information content (AvgIpc) is 3.53. The number of amides is 1. The first kappa shape index (κ1) is 85.3. The zero-order valence-corrected chi connectivity index (χ0v) is 59.3. The summed E-state index contributed by atoms with van der Waals surface area (Å²) in [6.07, 6.45) is 98.7. The molecule has 0 heterocycles. The normalized spacial score (nSPS) is 12.6. The summed E-state index contributed by atoms with van der Waals surface area (Å²) in [6.45, 7) is 4.96. The van der Waals surface area contributed by atoms with E-state index in [2.05, 4.69) is 31.3 Å². The number of nitrogens with one attached hydrogen (secondary N) is 1. The Bertz CT molecular complexity index is 1360. The Labute approximate surface area is 545 Å². The summed E-state index contributed by atoms with van der Waals surface area (Å²) in [5, 5.41) is 23.3. The van der Waals surface area contributed by atoms with E-state index in [0.29, 0.717) is 19.4 Å². The molecule has 0 spiro atoms. The Morgan fingerprint density at radius 1 is 0.310 bits per heavy atom. The van der Waals surface area contributed by atoms with Crippen molar-refractivity contribution in [2.24, 2.45) is 0 Å². The van der Waals surface area contributed by atoms with Crippen molar-refractivity contribution >= 4 is 11.9 Å². The van der Waals surface area contributed by atoms with Crippen LogP contribution in [0.3, 0.4) is 0 Å². The standard InChI is InChI=1S/C81H157NO5/c1-3-5-7-9-11-13-15-17-19-21-23-34-38-41-45-49-53-57-61-65-69-73-79(84)78(77-83)82-80(85)74-70-66-62-58-54-50-46-42-39-35-32-30-28-26-24-25-27-29-31-33-36-40-44-48-52-56-60-64-68-72-76-87-81(86)75-71-67-63-59-55-51-47-43-37-22-20-18-16-14-12-10-8-6-4-2/h18,20,69,73,78-79,83-84H,3-17,19,21-68,70-72,74-77H2,1-2H3,(H,82,85)/b20-18-,73-69+. The molecule has 0 aliphatic carbocycles. The number of rotatable bonds is 76. The van der Waals surface area contributed by atoms with Crippen LogP contribution in [0.4, 0.5) is 0 Å². The van der Waals surface area contributed by atoms with Gasteiger partial charge in [-0.2, -0.15) is 0 Å². The molecule has 0 fully saturated rings. The number of unbranched alkanes of at least 4 members (excludes halogenated alkanes) is 63. The van der Waals surface area contributed by atoms with E-state index >= 15 is 0 Å². The van der Waals surface area contributed by atoms with Gasteiger partial charge in [0.2, 0.25) is 5.91 Å². The molecular formula is C81H157NO5. The fraction of sp³-hybridized carbons (Fsp3) is 0.926. The van der Waals surface area contributed by atoms with Crippen LogP contribution < -0.4 is 5.32 Å². The van der Waals surface area contributed by atoms with E-state index in [9.17, 15) is 19.8 Å². The molecule has 6 heteroatoms. The van der Waals surface area contributed by atoms with E-state index in [0.717, 1.165) is 38.5 Å². The van der Waals surface area contributed by atoms with Crippen LogP contribution in [0.2, 0.25) is 0 Å². The molecule has 0 aromatic heterocycles. The quantitative estimate of drug-likeness (QED) is 0.0320. The van der Waals surface area contributed by atoms with E-state index in [-0.39, 0.29) is 18.5 Å². The molecule has 0 aromatic carbocycles. The molecule has 0 saturated heterocycles. The minimum Gasteiger partial charge on any atom is -0.466 e. The van der Waals surface area contributed by atoms with Gasteiger partial charge >= 0.3 is 5.97 Å². The highest BCUT2D eigenvalue weighted by molar-refractivity contribution is 5.76. The molecule has 0 aromatic rings. The molecular weight excluding hydrogens is 1070 g/mol. The third-order valence-electron chi connectivity index (χ3n) is 19.0. The van der Waals surface area contributed by atoms with Crippen molar-refractivity contribution in [2.45, 2.75) is 469 Å². The van der Waals surface area contributed by atoms with Gasteiger partial charge in [0.05, 0.1) is 25.4 Å². The Morgan fingerprint density at radius 3 is 0.816 bits per heavy atom. The molecule has 3 N–H and O–H groups in total. The Morgan fingerprint density at radius 2 is 0.540 bits per heavy atom. The van der Waals surface area contributed by atoms with Crippen LogP contribution >= 0.6 is 0 Å². The zero-order valence-electron chi connectivity index (χ0n) is 59.3. The number of esters is 1. The van der Waals surface area contributed by atoms with Crippen LogP contribution in [0, 0.1) is 0 Å². The fourth-order valence-corrected chi connectivity index (χ4v) is 12.9. The van der Waals surface area contributed by atoms with Crippen molar-refractivity contribution in [1.29, 1.82) is 0 Å². The summed E-state index contributed by atoms with van der Waals surface area (Å²) < 4.78 is 5.52. The SMILES string of the molecule is CCCCCCCC/C=C\CCCCCCCCCCCC(=O)OCCCCCCCCCCCCCCCCCCCCCCCCCCCCCCCCC(=O)NC(CO)C(O)/C=C/CCCCCCCCCCCCCCCCCCCCC. The van der Waals surface area contributed by atoms with E-state index < -0.39 is 12.1 Å². The minimum absolute atomic E-state index is 0.0205. The van der Waals surface area contributed by atoms with Gasteiger partial charge in [0, 0.05) is 12.8 Å². The van der Waals surface area contributed by atoms with Crippen LogP contribution in [0.1, 0.15) is 457 Å². The first-order valence-corrected chi connectivity index (χ1v) is 40.1. The molecule has 0 radical (unpaired) electrons. The summed E-state index contributed by atoms with van der Waals surface area (Å²) in [7, 11) is 0. The summed E-state index contributed by atoms with van der Waals surface area (Å²) >= 11 is 0. The maximum Gasteiger partial charge on any atom is 0.305 e. The molecule has 1 amide bonds. The Hall–Kier alpha value is -1.66. The zero-order chi connectivity index (χ0) is 62.8. The van der Waals surface area contributed by atoms with Crippen molar-refractivity contribution in [3.05, 3.63) is 24.3 Å². The van der Waals surface area contributed by atoms with Gasteiger partial charge in [-0.3, -0.25) is 9.59 Å². The first-order chi connectivity index (χ1) is 43.0. The maximum atomic E-state index is 12.5. The van der Waals surface area contributed by atoms with Gasteiger partial charge in [-0.1, -0.05) is 411 Å². The largest absolute Gasteiger partial charge is 0.466 e. The van der Waals surface area contributed by atoms with Crippen LogP contribution in [0.5, 0.6) is 0 Å². The second-order valence-electron chi connectivity index (χ2n) is 27.8. The van der Waals surface area contributed by atoms with Crippen molar-refractivity contribution in [1.82, 2.24) is 5.32 Å².